The number of carbonyl (C=O) groups is 1. The number of benzene rings is 1. The molecule has 2 rings (SSSR count). The number of likely N-dealkylation sites (N-methyl/N-ethyl adjacent to an activating group) is 1. The Morgan fingerprint density at radius 3 is 2.33 bits per heavy atom. The molecule has 1 unspecified atom stereocenters. The highest BCUT2D eigenvalue weighted by Crippen LogP contribution is 2.29. The monoisotopic (exact) mass is 377 g/mol. The van der Waals surface area contributed by atoms with Crippen LogP contribution in [0.2, 0.25) is 0 Å². The number of amides is 1. The lowest BCUT2D eigenvalue weighted by Gasteiger charge is -2.35. The summed E-state index contributed by atoms with van der Waals surface area (Å²) in [7, 11) is 4.05. The quantitative estimate of drug-likeness (QED) is 0.795. The van der Waals surface area contributed by atoms with E-state index in [4.69, 9.17) is 10.5 Å². The second-order valence-corrected chi connectivity index (χ2v) is 6.20. The van der Waals surface area contributed by atoms with E-state index >= 15 is 0 Å². The Kier molecular flexibility index (Phi) is 10.5. The molecule has 1 fully saturated rings. The molecule has 7 heteroatoms. The zero-order valence-electron chi connectivity index (χ0n) is 14.4. The van der Waals surface area contributed by atoms with Gasteiger partial charge in [-0.1, -0.05) is 30.3 Å². The zero-order chi connectivity index (χ0) is 16.0. The van der Waals surface area contributed by atoms with Crippen LogP contribution in [-0.2, 0) is 9.53 Å². The van der Waals surface area contributed by atoms with Crippen molar-refractivity contribution in [2.45, 2.75) is 18.9 Å². The average molecular weight is 378 g/mol. The van der Waals surface area contributed by atoms with Crippen molar-refractivity contribution in [1.29, 1.82) is 0 Å². The van der Waals surface area contributed by atoms with E-state index in [2.05, 4.69) is 22.3 Å². The number of rotatable bonds is 6. The summed E-state index contributed by atoms with van der Waals surface area (Å²) in [5, 5.41) is 3.11. The fourth-order valence-electron chi connectivity index (χ4n) is 2.94. The molecule has 138 valence electrons. The molecule has 1 aromatic rings. The first-order chi connectivity index (χ1) is 10.6. The first-order valence-corrected chi connectivity index (χ1v) is 7.86. The summed E-state index contributed by atoms with van der Waals surface area (Å²) in [6.07, 6.45) is 1.40. The largest absolute Gasteiger partial charge is 0.381 e. The van der Waals surface area contributed by atoms with Gasteiger partial charge in [-0.25, -0.2) is 0 Å². The summed E-state index contributed by atoms with van der Waals surface area (Å²) in [5.74, 6) is 0.0566. The molecule has 0 aliphatic carbocycles. The predicted molar refractivity (Wildman–Crippen MR) is 102 cm³/mol. The van der Waals surface area contributed by atoms with Gasteiger partial charge in [-0.3, -0.25) is 4.79 Å². The van der Waals surface area contributed by atoms with Gasteiger partial charge in [0.05, 0.1) is 11.5 Å². The zero-order valence-corrected chi connectivity index (χ0v) is 16.0. The SMILES string of the molecule is CN(C)C(CNC(=O)C1(CN)CCOCC1)c1ccccc1.Cl.Cl. The van der Waals surface area contributed by atoms with Crippen LogP contribution >= 0.6 is 24.8 Å². The van der Waals surface area contributed by atoms with Crippen LogP contribution in [0.3, 0.4) is 0 Å². The summed E-state index contributed by atoms with van der Waals surface area (Å²) in [6.45, 7) is 2.18. The number of nitrogens with zero attached hydrogens (tertiary/aromatic N) is 1. The van der Waals surface area contributed by atoms with E-state index in [0.717, 1.165) is 0 Å². The molecule has 0 saturated carbocycles. The Morgan fingerprint density at radius 1 is 1.25 bits per heavy atom. The molecule has 0 spiro atoms. The van der Waals surface area contributed by atoms with Crippen LogP contribution in [0.4, 0.5) is 0 Å². The van der Waals surface area contributed by atoms with Gasteiger partial charge in [-0.2, -0.15) is 0 Å². The molecular formula is C17H29Cl2N3O2. The second kappa shape index (κ2) is 10.9. The Morgan fingerprint density at radius 2 is 1.83 bits per heavy atom. The van der Waals surface area contributed by atoms with Crippen molar-refractivity contribution in [1.82, 2.24) is 10.2 Å². The van der Waals surface area contributed by atoms with Crippen molar-refractivity contribution in [2.24, 2.45) is 11.1 Å². The summed E-state index contributed by atoms with van der Waals surface area (Å²) < 4.78 is 5.37. The number of halogens is 2. The first kappa shape index (κ1) is 23.1. The van der Waals surface area contributed by atoms with E-state index in [1.165, 1.54) is 5.56 Å². The number of carbonyl (C=O) groups excluding carboxylic acids is 1. The maximum atomic E-state index is 12.6. The number of hydrogen-bond donors (Lipinski definition) is 2. The Hall–Kier alpha value is -0.850. The summed E-state index contributed by atoms with van der Waals surface area (Å²) >= 11 is 0. The van der Waals surface area contributed by atoms with Crippen molar-refractivity contribution in [3.05, 3.63) is 35.9 Å². The van der Waals surface area contributed by atoms with E-state index in [1.54, 1.807) is 0 Å². The van der Waals surface area contributed by atoms with Gasteiger partial charge in [0.25, 0.3) is 0 Å². The number of hydrogen-bond acceptors (Lipinski definition) is 4. The molecule has 1 aromatic carbocycles. The maximum absolute atomic E-state index is 12.6. The van der Waals surface area contributed by atoms with Gasteiger partial charge in [0.2, 0.25) is 5.91 Å². The normalized spacial score (nSPS) is 17.3. The number of nitrogens with two attached hydrogens (primary N) is 1. The summed E-state index contributed by atoms with van der Waals surface area (Å²) in [6, 6.07) is 10.4. The molecule has 1 amide bonds. The highest BCUT2D eigenvalue weighted by molar-refractivity contribution is 5.85. The minimum atomic E-state index is -0.466. The number of nitrogens with one attached hydrogen (secondary N) is 1. The molecule has 5 nitrogen and oxygen atoms in total. The molecule has 0 radical (unpaired) electrons. The second-order valence-electron chi connectivity index (χ2n) is 6.20. The molecular weight excluding hydrogens is 349 g/mol. The molecule has 3 N–H and O–H groups in total. The van der Waals surface area contributed by atoms with E-state index in [9.17, 15) is 4.79 Å². The van der Waals surface area contributed by atoms with Crippen molar-refractivity contribution >= 4 is 30.7 Å². The molecule has 1 aliphatic rings. The minimum Gasteiger partial charge on any atom is -0.381 e. The van der Waals surface area contributed by atoms with Crippen LogP contribution in [0.15, 0.2) is 30.3 Å². The third kappa shape index (κ3) is 5.60. The molecule has 0 aromatic heterocycles. The fourth-order valence-corrected chi connectivity index (χ4v) is 2.94. The van der Waals surface area contributed by atoms with Crippen LogP contribution in [0.5, 0.6) is 0 Å². The molecule has 24 heavy (non-hydrogen) atoms. The summed E-state index contributed by atoms with van der Waals surface area (Å²) in [4.78, 5) is 14.8. The van der Waals surface area contributed by atoms with Crippen molar-refractivity contribution in [3.8, 4) is 0 Å². The molecule has 1 saturated heterocycles. The maximum Gasteiger partial charge on any atom is 0.227 e. The molecule has 1 heterocycles. The number of ether oxygens (including phenoxy) is 1. The third-order valence-corrected chi connectivity index (χ3v) is 4.59. The predicted octanol–water partition coefficient (Wildman–Crippen LogP) is 2.00. The highest BCUT2D eigenvalue weighted by atomic mass is 35.5. The van der Waals surface area contributed by atoms with E-state index in [1.807, 2.05) is 32.3 Å². The van der Waals surface area contributed by atoms with Crippen LogP contribution in [0.1, 0.15) is 24.4 Å². The topological polar surface area (TPSA) is 67.6 Å². The fraction of sp³-hybridized carbons (Fsp3) is 0.588. The van der Waals surface area contributed by atoms with Crippen molar-refractivity contribution in [3.63, 3.8) is 0 Å². The van der Waals surface area contributed by atoms with E-state index in [0.29, 0.717) is 39.1 Å². The van der Waals surface area contributed by atoms with Crippen molar-refractivity contribution < 1.29 is 9.53 Å². The van der Waals surface area contributed by atoms with Crippen LogP contribution in [0.25, 0.3) is 0 Å². The van der Waals surface area contributed by atoms with Gasteiger partial charge in [0, 0.05) is 26.3 Å². The van der Waals surface area contributed by atoms with Gasteiger partial charge in [-0.05, 0) is 32.5 Å². The average Bonchev–Trinajstić information content (AvgIpc) is 2.56. The Balaban J connectivity index is 0.00000264. The molecule has 1 aliphatic heterocycles. The Bertz CT molecular complexity index is 480. The van der Waals surface area contributed by atoms with Gasteiger partial charge in [-0.15, -0.1) is 24.8 Å². The van der Waals surface area contributed by atoms with Gasteiger partial charge >= 0.3 is 0 Å². The van der Waals surface area contributed by atoms with E-state index < -0.39 is 5.41 Å². The van der Waals surface area contributed by atoms with Crippen LogP contribution in [0, 0.1) is 5.41 Å². The Labute approximate surface area is 157 Å². The van der Waals surface area contributed by atoms with Gasteiger partial charge in [0.15, 0.2) is 0 Å². The van der Waals surface area contributed by atoms with Crippen LogP contribution in [-0.4, -0.2) is 51.2 Å². The standard InChI is InChI=1S/C17H27N3O2.2ClH/c1-20(2)15(14-6-4-3-5-7-14)12-19-16(21)17(13-18)8-10-22-11-9-17;;/h3-7,15H,8-13,18H2,1-2H3,(H,19,21);2*1H. The van der Waals surface area contributed by atoms with Crippen molar-refractivity contribution in [2.75, 3.05) is 40.4 Å². The smallest absolute Gasteiger partial charge is 0.227 e. The van der Waals surface area contributed by atoms with Crippen LogP contribution < -0.4 is 11.1 Å². The summed E-state index contributed by atoms with van der Waals surface area (Å²) in [5.41, 5.74) is 6.62. The van der Waals surface area contributed by atoms with Gasteiger partial charge in [0.1, 0.15) is 0 Å². The minimum absolute atomic E-state index is 0. The lowest BCUT2D eigenvalue weighted by molar-refractivity contribution is -0.136. The first-order valence-electron chi connectivity index (χ1n) is 7.86. The lowest BCUT2D eigenvalue weighted by Crippen LogP contribution is -2.50. The van der Waals surface area contributed by atoms with Gasteiger partial charge < -0.3 is 20.7 Å². The molecule has 1 atom stereocenters. The lowest BCUT2D eigenvalue weighted by atomic mass is 9.79. The highest BCUT2D eigenvalue weighted by Gasteiger charge is 2.38. The molecule has 0 bridgehead atoms. The van der Waals surface area contributed by atoms with E-state index in [-0.39, 0.29) is 36.8 Å². The third-order valence-electron chi connectivity index (χ3n) is 4.59.